The van der Waals surface area contributed by atoms with Gasteiger partial charge in [-0.25, -0.2) is 9.78 Å². The van der Waals surface area contributed by atoms with Crippen LogP contribution in [0, 0.1) is 6.92 Å². The van der Waals surface area contributed by atoms with E-state index in [1.54, 1.807) is 54.6 Å². The molecule has 0 saturated heterocycles. The summed E-state index contributed by atoms with van der Waals surface area (Å²) in [7, 11) is 0. The number of esters is 1. The summed E-state index contributed by atoms with van der Waals surface area (Å²) in [6.07, 6.45) is 1.50. The monoisotopic (exact) mass is 459 g/mol. The SMILES string of the molecule is Cc1cccc(-c2nc3ccccc3c(=O)n2N=Cc2ccccc2OC(=O)c2ccccc2)c1. The molecule has 0 aliphatic carbocycles. The molecule has 6 nitrogen and oxygen atoms in total. The van der Waals surface area contributed by atoms with Crippen LogP contribution in [0.25, 0.3) is 22.3 Å². The molecule has 0 N–H and O–H groups in total. The Kier molecular flexibility index (Phi) is 6.01. The highest BCUT2D eigenvalue weighted by Gasteiger charge is 2.14. The topological polar surface area (TPSA) is 73.6 Å². The molecule has 0 bridgehead atoms. The summed E-state index contributed by atoms with van der Waals surface area (Å²) >= 11 is 0. The van der Waals surface area contributed by atoms with Gasteiger partial charge in [0.2, 0.25) is 0 Å². The van der Waals surface area contributed by atoms with E-state index in [0.717, 1.165) is 11.1 Å². The maximum atomic E-state index is 13.4. The van der Waals surface area contributed by atoms with Gasteiger partial charge < -0.3 is 4.74 Å². The number of hydrogen-bond acceptors (Lipinski definition) is 5. The third-order valence-electron chi connectivity index (χ3n) is 5.47. The van der Waals surface area contributed by atoms with E-state index in [1.807, 2.05) is 55.5 Å². The van der Waals surface area contributed by atoms with Gasteiger partial charge in [-0.2, -0.15) is 9.78 Å². The lowest BCUT2D eigenvalue weighted by Crippen LogP contribution is -2.20. The Morgan fingerprint density at radius 3 is 2.46 bits per heavy atom. The van der Waals surface area contributed by atoms with Crippen molar-refractivity contribution in [2.24, 2.45) is 5.10 Å². The summed E-state index contributed by atoms with van der Waals surface area (Å²) in [4.78, 5) is 30.7. The number of para-hydroxylation sites is 2. The molecule has 170 valence electrons. The summed E-state index contributed by atoms with van der Waals surface area (Å²) in [6.45, 7) is 1.98. The van der Waals surface area contributed by atoms with E-state index in [4.69, 9.17) is 9.72 Å². The summed E-state index contributed by atoms with van der Waals surface area (Å²) in [5.41, 5.74) is 3.11. The Balaban J connectivity index is 1.59. The van der Waals surface area contributed by atoms with Crippen LogP contribution < -0.4 is 10.3 Å². The predicted octanol–water partition coefficient (Wildman–Crippen LogP) is 5.47. The third-order valence-corrected chi connectivity index (χ3v) is 5.47. The molecule has 1 heterocycles. The number of fused-ring (bicyclic) bond motifs is 1. The first-order valence-electron chi connectivity index (χ1n) is 11.1. The van der Waals surface area contributed by atoms with Crippen molar-refractivity contribution in [1.82, 2.24) is 9.66 Å². The van der Waals surface area contributed by atoms with Crippen LogP contribution in [0.1, 0.15) is 21.5 Å². The summed E-state index contributed by atoms with van der Waals surface area (Å²) in [6, 6.07) is 30.7. The van der Waals surface area contributed by atoms with Crippen molar-refractivity contribution >= 4 is 23.1 Å². The number of ether oxygens (including phenoxy) is 1. The van der Waals surface area contributed by atoms with Crippen molar-refractivity contribution in [2.45, 2.75) is 6.92 Å². The summed E-state index contributed by atoms with van der Waals surface area (Å²) < 4.78 is 6.90. The van der Waals surface area contributed by atoms with Crippen molar-refractivity contribution in [3.05, 3.63) is 130 Å². The molecule has 0 fully saturated rings. The molecular weight excluding hydrogens is 438 g/mol. The lowest BCUT2D eigenvalue weighted by molar-refractivity contribution is 0.0734. The predicted molar refractivity (Wildman–Crippen MR) is 137 cm³/mol. The zero-order valence-corrected chi connectivity index (χ0v) is 19.0. The van der Waals surface area contributed by atoms with Crippen molar-refractivity contribution in [3.63, 3.8) is 0 Å². The van der Waals surface area contributed by atoms with Gasteiger partial charge in [-0.15, -0.1) is 0 Å². The smallest absolute Gasteiger partial charge is 0.343 e. The van der Waals surface area contributed by atoms with Crippen LogP contribution in [-0.2, 0) is 0 Å². The van der Waals surface area contributed by atoms with Crippen LogP contribution in [0.4, 0.5) is 0 Å². The van der Waals surface area contributed by atoms with Crippen molar-refractivity contribution in [3.8, 4) is 17.1 Å². The largest absolute Gasteiger partial charge is 0.422 e. The highest BCUT2D eigenvalue weighted by molar-refractivity contribution is 5.93. The minimum absolute atomic E-state index is 0.290. The molecule has 6 heteroatoms. The first-order valence-corrected chi connectivity index (χ1v) is 11.1. The molecule has 0 aliphatic rings. The quantitative estimate of drug-likeness (QED) is 0.198. The van der Waals surface area contributed by atoms with Gasteiger partial charge in [-0.1, -0.05) is 66.2 Å². The highest BCUT2D eigenvalue weighted by Crippen LogP contribution is 2.21. The second kappa shape index (κ2) is 9.57. The zero-order valence-electron chi connectivity index (χ0n) is 19.0. The van der Waals surface area contributed by atoms with Crippen molar-refractivity contribution in [1.29, 1.82) is 0 Å². The Bertz CT molecular complexity index is 1620. The Labute approximate surface area is 201 Å². The number of aromatic nitrogens is 2. The molecule has 0 amide bonds. The van der Waals surface area contributed by atoms with Gasteiger partial charge in [0, 0.05) is 11.1 Å². The van der Waals surface area contributed by atoms with E-state index >= 15 is 0 Å². The van der Waals surface area contributed by atoms with Crippen LogP contribution in [0.2, 0.25) is 0 Å². The molecule has 0 saturated carbocycles. The van der Waals surface area contributed by atoms with E-state index in [9.17, 15) is 9.59 Å². The Morgan fingerprint density at radius 1 is 0.886 bits per heavy atom. The first-order chi connectivity index (χ1) is 17.1. The van der Waals surface area contributed by atoms with Gasteiger partial charge in [0.25, 0.3) is 5.56 Å². The number of nitrogens with zero attached hydrogens (tertiary/aromatic N) is 3. The van der Waals surface area contributed by atoms with Crippen LogP contribution in [0.5, 0.6) is 5.75 Å². The molecule has 4 aromatic carbocycles. The summed E-state index contributed by atoms with van der Waals surface area (Å²) in [5.74, 6) is 0.285. The van der Waals surface area contributed by atoms with Gasteiger partial charge >= 0.3 is 5.97 Å². The molecule has 35 heavy (non-hydrogen) atoms. The molecule has 0 radical (unpaired) electrons. The van der Waals surface area contributed by atoms with Crippen LogP contribution >= 0.6 is 0 Å². The van der Waals surface area contributed by atoms with E-state index in [2.05, 4.69) is 5.10 Å². The molecule has 0 unspecified atom stereocenters. The molecule has 0 aliphatic heterocycles. The maximum Gasteiger partial charge on any atom is 0.343 e. The van der Waals surface area contributed by atoms with Gasteiger partial charge in [0.1, 0.15) is 5.75 Å². The van der Waals surface area contributed by atoms with Gasteiger partial charge in [-0.05, 0) is 49.4 Å². The average Bonchev–Trinajstić information content (AvgIpc) is 2.89. The number of carbonyl (C=O) groups excluding carboxylic acids is 1. The number of benzene rings is 4. The Morgan fingerprint density at radius 2 is 1.63 bits per heavy atom. The van der Waals surface area contributed by atoms with E-state index in [1.165, 1.54) is 10.9 Å². The third kappa shape index (κ3) is 4.63. The molecule has 0 spiro atoms. The second-order valence-electron chi connectivity index (χ2n) is 7.98. The van der Waals surface area contributed by atoms with Crippen molar-refractivity contribution < 1.29 is 9.53 Å². The standard InChI is InChI=1S/C29H21N3O3/c1-20-10-9-14-22(18-20)27-31-25-16-7-6-15-24(25)28(33)32(27)30-19-23-13-5-8-17-26(23)35-29(34)21-11-3-2-4-12-21/h2-19H,1H3. The fourth-order valence-corrected chi connectivity index (χ4v) is 3.73. The number of rotatable bonds is 5. The number of aryl methyl sites for hydroxylation is 1. The lowest BCUT2D eigenvalue weighted by Gasteiger charge is -2.11. The lowest BCUT2D eigenvalue weighted by atomic mass is 10.1. The van der Waals surface area contributed by atoms with E-state index in [0.29, 0.717) is 33.6 Å². The minimum atomic E-state index is -0.476. The highest BCUT2D eigenvalue weighted by atomic mass is 16.5. The van der Waals surface area contributed by atoms with Gasteiger partial charge in [-0.3, -0.25) is 4.79 Å². The molecular formula is C29H21N3O3. The van der Waals surface area contributed by atoms with E-state index < -0.39 is 5.97 Å². The molecule has 0 atom stereocenters. The zero-order chi connectivity index (χ0) is 24.2. The maximum absolute atomic E-state index is 13.4. The van der Waals surface area contributed by atoms with Crippen LogP contribution in [0.15, 0.2) is 113 Å². The average molecular weight is 460 g/mol. The molecule has 5 aromatic rings. The normalized spacial score (nSPS) is 11.1. The number of carbonyl (C=O) groups is 1. The fraction of sp³-hybridized carbons (Fsp3) is 0.0345. The Hall–Kier alpha value is -4.84. The summed E-state index contributed by atoms with van der Waals surface area (Å²) in [5, 5.41) is 4.96. The molecule has 1 aromatic heterocycles. The van der Waals surface area contributed by atoms with Crippen molar-refractivity contribution in [2.75, 3.05) is 0 Å². The van der Waals surface area contributed by atoms with E-state index in [-0.39, 0.29) is 5.56 Å². The molecule has 5 rings (SSSR count). The first kappa shape index (κ1) is 22.0. The number of hydrogen-bond donors (Lipinski definition) is 0. The second-order valence-corrected chi connectivity index (χ2v) is 7.98. The van der Waals surface area contributed by atoms with Gasteiger partial charge in [0.05, 0.1) is 22.7 Å². The minimum Gasteiger partial charge on any atom is -0.422 e. The van der Waals surface area contributed by atoms with Crippen LogP contribution in [0.3, 0.4) is 0 Å². The van der Waals surface area contributed by atoms with Gasteiger partial charge in [0.15, 0.2) is 5.82 Å². The fourth-order valence-electron chi connectivity index (χ4n) is 3.73. The van der Waals surface area contributed by atoms with Crippen LogP contribution in [-0.4, -0.2) is 21.8 Å².